The van der Waals surface area contributed by atoms with E-state index in [2.05, 4.69) is 0 Å². The summed E-state index contributed by atoms with van der Waals surface area (Å²) in [6.45, 7) is 7.33. The molecule has 0 aromatic rings. The van der Waals surface area contributed by atoms with Crippen LogP contribution < -0.4 is 0 Å². The van der Waals surface area contributed by atoms with Crippen molar-refractivity contribution in [2.75, 3.05) is 0 Å². The van der Waals surface area contributed by atoms with E-state index in [0.717, 1.165) is 0 Å². The van der Waals surface area contributed by atoms with E-state index in [1.165, 1.54) is 0 Å². The summed E-state index contributed by atoms with van der Waals surface area (Å²) in [5, 5.41) is 17.9. The molecule has 20 heavy (non-hydrogen) atoms. The molecular weight excluding hydrogens is 288 g/mol. The van der Waals surface area contributed by atoms with Crippen LogP contribution in [0.2, 0.25) is 0 Å². The first-order chi connectivity index (χ1) is 8.71. The van der Waals surface area contributed by atoms with Crippen LogP contribution in [0, 0.1) is 11.3 Å². The van der Waals surface area contributed by atoms with Crippen molar-refractivity contribution in [3.05, 3.63) is 0 Å². The van der Waals surface area contributed by atoms with E-state index in [4.69, 9.17) is 10.2 Å². The van der Waals surface area contributed by atoms with Gasteiger partial charge in [-0.15, -0.1) is 0 Å². The van der Waals surface area contributed by atoms with Crippen LogP contribution in [0.15, 0.2) is 0 Å². The second kappa shape index (κ2) is 6.09. The lowest BCUT2D eigenvalue weighted by molar-refractivity contribution is -0.147. The van der Waals surface area contributed by atoms with Gasteiger partial charge in [-0.25, -0.2) is 0 Å². The summed E-state index contributed by atoms with van der Waals surface area (Å²) in [5.74, 6) is -3.82. The molecule has 0 heterocycles. The zero-order chi connectivity index (χ0) is 16.4. The predicted octanol–water partition coefficient (Wildman–Crippen LogP) is 1.63. The molecule has 0 amide bonds. The molecule has 0 saturated heterocycles. The lowest BCUT2D eigenvalue weighted by Gasteiger charge is -2.30. The summed E-state index contributed by atoms with van der Waals surface area (Å²) >= 11 is 0. The molecule has 8 heteroatoms. The molecule has 0 rings (SSSR count). The van der Waals surface area contributed by atoms with Gasteiger partial charge in [-0.3, -0.25) is 14.1 Å². The van der Waals surface area contributed by atoms with Crippen LogP contribution in [0.4, 0.5) is 0 Å². The van der Waals surface area contributed by atoms with E-state index in [1.807, 2.05) is 20.8 Å². The molecule has 0 spiro atoms. The molecule has 0 aromatic carbocycles. The first-order valence-corrected chi connectivity index (χ1v) is 7.57. The van der Waals surface area contributed by atoms with E-state index in [1.54, 1.807) is 6.92 Å². The molecule has 0 fully saturated rings. The van der Waals surface area contributed by atoms with Gasteiger partial charge >= 0.3 is 11.9 Å². The molecule has 0 aliphatic rings. The molecular formula is C12H22O7S. The van der Waals surface area contributed by atoms with Crippen molar-refractivity contribution in [1.29, 1.82) is 0 Å². The average molecular weight is 310 g/mol. The van der Waals surface area contributed by atoms with Gasteiger partial charge in [0.05, 0.1) is 6.42 Å². The van der Waals surface area contributed by atoms with Crippen molar-refractivity contribution in [1.82, 2.24) is 0 Å². The first kappa shape index (κ1) is 18.9. The minimum atomic E-state index is -5.05. The fourth-order valence-corrected chi connectivity index (χ4v) is 3.49. The zero-order valence-electron chi connectivity index (χ0n) is 12.1. The minimum absolute atomic E-state index is 0.175. The molecule has 0 aromatic heterocycles. The minimum Gasteiger partial charge on any atom is -0.481 e. The Kier molecular flexibility index (Phi) is 5.74. The van der Waals surface area contributed by atoms with Crippen molar-refractivity contribution >= 4 is 22.1 Å². The highest BCUT2D eigenvalue weighted by Gasteiger charge is 2.53. The fourth-order valence-electron chi connectivity index (χ4n) is 2.47. The summed E-state index contributed by atoms with van der Waals surface area (Å²) in [7, 11) is -5.05. The standard InChI is InChI=1S/C12H22O7S/c1-8(5-11(2,3)4)6-12(10(15)16,7-9(13)14)20(17,18)19/h8H,5-7H2,1-4H3,(H,13,14)(H,15,16)(H,17,18,19). The van der Waals surface area contributed by atoms with Gasteiger partial charge in [-0.1, -0.05) is 27.7 Å². The maximum absolute atomic E-state index is 11.4. The lowest BCUT2D eigenvalue weighted by Crippen LogP contribution is -2.49. The molecule has 118 valence electrons. The Hall–Kier alpha value is -1.15. The molecule has 0 saturated carbocycles. The van der Waals surface area contributed by atoms with Gasteiger partial charge in [0.15, 0.2) is 0 Å². The quantitative estimate of drug-likeness (QED) is 0.609. The molecule has 2 atom stereocenters. The second-order valence-corrected chi connectivity index (χ2v) is 8.15. The van der Waals surface area contributed by atoms with Gasteiger partial charge in [0, 0.05) is 0 Å². The van der Waals surface area contributed by atoms with Crippen molar-refractivity contribution in [2.24, 2.45) is 11.3 Å². The monoisotopic (exact) mass is 310 g/mol. The topological polar surface area (TPSA) is 129 Å². The van der Waals surface area contributed by atoms with Crippen LogP contribution >= 0.6 is 0 Å². The summed E-state index contributed by atoms with van der Waals surface area (Å²) in [4.78, 5) is 22.1. The maximum atomic E-state index is 11.4. The third-order valence-electron chi connectivity index (χ3n) is 2.96. The van der Waals surface area contributed by atoms with Crippen LogP contribution in [0.25, 0.3) is 0 Å². The Labute approximate surface area is 118 Å². The number of carbonyl (C=O) groups is 2. The molecule has 0 bridgehead atoms. The Bertz CT molecular complexity index is 475. The Morgan fingerprint density at radius 2 is 1.55 bits per heavy atom. The van der Waals surface area contributed by atoms with E-state index in [9.17, 15) is 22.6 Å². The summed E-state index contributed by atoms with van der Waals surface area (Å²) in [5.41, 5.74) is -0.175. The van der Waals surface area contributed by atoms with Crippen molar-refractivity contribution in [3.8, 4) is 0 Å². The SMILES string of the molecule is CC(CC(C)(C)C)CC(CC(=O)O)(C(=O)O)S(=O)(=O)O. The van der Waals surface area contributed by atoms with Crippen molar-refractivity contribution in [3.63, 3.8) is 0 Å². The van der Waals surface area contributed by atoms with E-state index in [0.29, 0.717) is 6.42 Å². The Morgan fingerprint density at radius 1 is 1.10 bits per heavy atom. The third kappa shape index (κ3) is 5.09. The van der Waals surface area contributed by atoms with Crippen LogP contribution in [0.1, 0.15) is 47.0 Å². The number of rotatable bonds is 7. The molecule has 3 N–H and O–H groups in total. The van der Waals surface area contributed by atoms with Gasteiger partial charge in [0.25, 0.3) is 10.1 Å². The van der Waals surface area contributed by atoms with Crippen molar-refractivity contribution < 1.29 is 32.8 Å². The number of hydrogen-bond acceptors (Lipinski definition) is 4. The first-order valence-electron chi connectivity index (χ1n) is 6.13. The van der Waals surface area contributed by atoms with Gasteiger partial charge in [0.1, 0.15) is 0 Å². The second-order valence-electron chi connectivity index (χ2n) is 6.42. The van der Waals surface area contributed by atoms with Gasteiger partial charge < -0.3 is 10.2 Å². The molecule has 7 nitrogen and oxygen atoms in total. The average Bonchev–Trinajstić information content (AvgIpc) is 2.09. The molecule has 2 unspecified atom stereocenters. The van der Waals surface area contributed by atoms with Crippen LogP contribution in [-0.4, -0.2) is 39.9 Å². The summed E-state index contributed by atoms with van der Waals surface area (Å²) in [6, 6.07) is 0. The van der Waals surface area contributed by atoms with Crippen molar-refractivity contribution in [2.45, 2.75) is 51.7 Å². The number of aliphatic carboxylic acids is 2. The van der Waals surface area contributed by atoms with Gasteiger partial charge in [0.2, 0.25) is 4.75 Å². The smallest absolute Gasteiger partial charge is 0.328 e. The number of hydrogen-bond donors (Lipinski definition) is 3. The van der Waals surface area contributed by atoms with E-state index >= 15 is 0 Å². The maximum Gasteiger partial charge on any atom is 0.328 e. The Morgan fingerprint density at radius 3 is 1.80 bits per heavy atom. The van der Waals surface area contributed by atoms with E-state index < -0.39 is 39.6 Å². The van der Waals surface area contributed by atoms with Crippen LogP contribution in [0.5, 0.6) is 0 Å². The molecule has 0 aliphatic carbocycles. The predicted molar refractivity (Wildman–Crippen MR) is 72.0 cm³/mol. The summed E-state index contributed by atoms with van der Waals surface area (Å²) in [6.07, 6.45) is -1.13. The number of carboxylic acid groups (broad SMARTS) is 2. The highest BCUT2D eigenvalue weighted by atomic mass is 32.2. The third-order valence-corrected chi connectivity index (χ3v) is 4.43. The normalized spacial score (nSPS) is 17.2. The zero-order valence-corrected chi connectivity index (χ0v) is 12.9. The van der Waals surface area contributed by atoms with Gasteiger partial charge in [-0.05, 0) is 24.2 Å². The highest BCUT2D eigenvalue weighted by Crippen LogP contribution is 2.35. The summed E-state index contributed by atoms with van der Waals surface area (Å²) < 4.78 is 29.4. The Balaban J connectivity index is 5.54. The molecule has 0 aliphatic heterocycles. The van der Waals surface area contributed by atoms with E-state index in [-0.39, 0.29) is 11.3 Å². The van der Waals surface area contributed by atoms with Gasteiger partial charge in [-0.2, -0.15) is 8.42 Å². The van der Waals surface area contributed by atoms with Crippen LogP contribution in [0.3, 0.4) is 0 Å². The molecule has 0 radical (unpaired) electrons. The lowest BCUT2D eigenvalue weighted by atomic mass is 9.80. The fraction of sp³-hybridized carbons (Fsp3) is 0.833. The largest absolute Gasteiger partial charge is 0.481 e. The number of carboxylic acids is 2. The van der Waals surface area contributed by atoms with Crippen LogP contribution in [-0.2, 0) is 19.7 Å². The highest BCUT2D eigenvalue weighted by molar-refractivity contribution is 7.88.